The molecule has 0 bridgehead atoms. The zero-order valence-corrected chi connectivity index (χ0v) is 75.5. The monoisotopic (exact) mass is 1740 g/mol. The minimum absolute atomic E-state index is 0.0693. The van der Waals surface area contributed by atoms with E-state index in [9.17, 15) is 15.3 Å². The highest BCUT2D eigenvalue weighted by Gasteiger charge is 2.38. The number of ether oxygens (including phenoxy) is 4. The number of aromatic nitrogens is 6. The molecular formula is C120H102N6O7. The zero-order valence-electron chi connectivity index (χ0n) is 75.5. The van der Waals surface area contributed by atoms with Crippen molar-refractivity contribution in [1.82, 2.24) is 29.9 Å². The van der Waals surface area contributed by atoms with E-state index in [4.69, 9.17) is 48.9 Å². The molecule has 4 aliphatic rings. The van der Waals surface area contributed by atoms with E-state index >= 15 is 0 Å². The van der Waals surface area contributed by atoms with Gasteiger partial charge in [0, 0.05) is 74.2 Å². The summed E-state index contributed by atoms with van der Waals surface area (Å²) < 4.78 is 23.3. The summed E-state index contributed by atoms with van der Waals surface area (Å²) in [5, 5.41) is 48.0. The van der Waals surface area contributed by atoms with Crippen molar-refractivity contribution in [2.45, 2.75) is 85.5 Å². The second-order valence-corrected chi connectivity index (χ2v) is 34.8. The van der Waals surface area contributed by atoms with Crippen LogP contribution in [0.5, 0.6) is 40.2 Å². The lowest BCUT2D eigenvalue weighted by atomic mass is 9.65. The fraction of sp³-hybridized carbons (Fsp3) is 0.167. The van der Waals surface area contributed by atoms with Crippen LogP contribution in [0.25, 0.3) is 166 Å². The van der Waals surface area contributed by atoms with E-state index in [1.807, 2.05) is 133 Å². The second-order valence-electron chi connectivity index (χ2n) is 34.8. The molecule has 654 valence electrons. The van der Waals surface area contributed by atoms with Gasteiger partial charge in [0.15, 0.2) is 17.5 Å². The third-order valence-corrected chi connectivity index (χ3v) is 26.6. The Labute approximate surface area is 775 Å². The molecule has 15 aromatic carbocycles. The third kappa shape index (κ3) is 17.1. The number of para-hydroxylation sites is 1. The Hall–Kier alpha value is -15.6. The van der Waals surface area contributed by atoms with Gasteiger partial charge in [-0.05, 0) is 196 Å². The van der Waals surface area contributed by atoms with Crippen LogP contribution < -0.4 is 18.9 Å². The second kappa shape index (κ2) is 37.8. The fourth-order valence-corrected chi connectivity index (χ4v) is 19.5. The fourth-order valence-electron chi connectivity index (χ4n) is 19.5. The number of unbranched alkanes of at least 4 members (excludes halogenated alkanes) is 2. The van der Waals surface area contributed by atoms with E-state index in [1.165, 1.54) is 113 Å². The molecule has 0 amide bonds. The summed E-state index contributed by atoms with van der Waals surface area (Å²) in [7, 11) is 3.31. The van der Waals surface area contributed by atoms with Crippen LogP contribution in [0.2, 0.25) is 0 Å². The van der Waals surface area contributed by atoms with Crippen LogP contribution in [0.4, 0.5) is 0 Å². The molecule has 3 N–H and O–H groups in total. The number of hydrogen-bond acceptors (Lipinski definition) is 13. The molecule has 13 nitrogen and oxygen atoms in total. The van der Waals surface area contributed by atoms with E-state index in [0.29, 0.717) is 87.8 Å². The smallest absolute Gasteiger partial charge is 0.164 e. The first-order valence-corrected chi connectivity index (χ1v) is 46.4. The molecule has 4 aliphatic carbocycles. The van der Waals surface area contributed by atoms with Crippen LogP contribution in [0, 0.1) is 17.8 Å². The Kier molecular flexibility index (Phi) is 24.3. The molecule has 13 heteroatoms. The normalized spacial score (nSPS) is 14.2. The van der Waals surface area contributed by atoms with E-state index in [2.05, 4.69) is 210 Å². The number of benzene rings is 15. The summed E-state index contributed by atoms with van der Waals surface area (Å²) in [6, 6.07) is 99.9. The van der Waals surface area contributed by atoms with Gasteiger partial charge in [0.2, 0.25) is 0 Å². The Morgan fingerprint density at radius 3 is 1.34 bits per heavy atom. The third-order valence-electron chi connectivity index (χ3n) is 26.6. The molecule has 3 unspecified atom stereocenters. The predicted octanol–water partition coefficient (Wildman–Crippen LogP) is 30.0. The molecule has 3 aromatic heterocycles. The Bertz CT molecular complexity index is 7350. The van der Waals surface area contributed by atoms with Crippen molar-refractivity contribution in [3.63, 3.8) is 0 Å². The van der Waals surface area contributed by atoms with Crippen molar-refractivity contribution in [3.8, 4) is 131 Å². The van der Waals surface area contributed by atoms with Gasteiger partial charge in [0.25, 0.3) is 0 Å². The van der Waals surface area contributed by atoms with Crippen LogP contribution in [0.15, 0.2) is 368 Å². The molecular weight excluding hydrogens is 1640 g/mol. The van der Waals surface area contributed by atoms with Crippen molar-refractivity contribution in [2.24, 2.45) is 17.8 Å². The van der Waals surface area contributed by atoms with Gasteiger partial charge >= 0.3 is 0 Å². The number of hydrogen-bond donors (Lipinski definition) is 3. The van der Waals surface area contributed by atoms with Crippen LogP contribution in [0.3, 0.4) is 0 Å². The van der Waals surface area contributed by atoms with Crippen LogP contribution in [-0.4, -0.2) is 72.7 Å². The number of aromatic hydroxyl groups is 3. The summed E-state index contributed by atoms with van der Waals surface area (Å²) in [5.74, 6) is 5.96. The maximum Gasteiger partial charge on any atom is 0.164 e. The maximum absolute atomic E-state index is 11.2. The first-order valence-electron chi connectivity index (χ1n) is 46.4. The SMILES string of the molecule is CCCCC(CC)COc1ccc(-c2cc(-c3ccc4ccc5cccc6ccc3c4c56)nc(-c3ccccc3)n2)c(O)c1.CCCCC(CC)COc1ccc(-c2cc(-c3ccccc3)nc(-c3ccc4ccc5cccc6ccc3c4c56)n2)c(O)c1.COc1ccc(-c2nc(C3=CC=C4C=CC5=C6C(=CC=C3C46)CC=C5c3ccccc3OC)cc(-c3ccccc3)n2)c(O)c1. The van der Waals surface area contributed by atoms with Gasteiger partial charge in [0.1, 0.15) is 40.2 Å². The Balaban J connectivity index is 0.000000124. The maximum atomic E-state index is 11.2. The molecule has 0 saturated heterocycles. The summed E-state index contributed by atoms with van der Waals surface area (Å²) >= 11 is 0. The van der Waals surface area contributed by atoms with Crippen LogP contribution in [0.1, 0.15) is 96.7 Å². The lowest BCUT2D eigenvalue weighted by Crippen LogP contribution is -2.23. The van der Waals surface area contributed by atoms with Gasteiger partial charge in [0.05, 0.1) is 67.2 Å². The standard InChI is InChI=1S/C40H30N2O3.2C40H36N2O2/c1-44-27-16-21-33(36(43)22-27)40-41-34(24-8-4-3-5-9-24)23-35(42-40)29-18-13-26-14-19-31-28(30-10-6-7-11-37(30)45-2)17-12-25-15-20-32(29)39(26)38(25)31;1-3-5-10-26(4-2)25-44-31-19-22-34(37(43)23-31)36-24-35(41-40(42-36)30-11-7-6-8-12-30)32-20-17-29-16-15-27-13-9-14-28-18-21-33(32)39(29)38(27)28;1-3-5-10-26(4-2)25-44-31-19-22-34(37(43)23-31)36-24-35(27-11-7-6-8-12-27)41-40(42-36)33-21-18-30-16-15-28-13-9-14-29-17-20-32(33)39(30)38(28)29/h3-11,13-23,39,43H,12H2,1-2H3;2*6-9,11-24,26,43H,3-5,10,25H2,1-2H3. The van der Waals surface area contributed by atoms with Crippen molar-refractivity contribution in [1.29, 1.82) is 0 Å². The molecule has 0 spiro atoms. The van der Waals surface area contributed by atoms with E-state index in [1.54, 1.807) is 38.5 Å². The van der Waals surface area contributed by atoms with Gasteiger partial charge in [-0.15, -0.1) is 0 Å². The first kappa shape index (κ1) is 85.5. The lowest BCUT2D eigenvalue weighted by Gasteiger charge is -2.38. The van der Waals surface area contributed by atoms with Gasteiger partial charge in [-0.3, -0.25) is 0 Å². The van der Waals surface area contributed by atoms with Gasteiger partial charge in [-0.1, -0.05) is 321 Å². The molecule has 133 heavy (non-hydrogen) atoms. The van der Waals surface area contributed by atoms with Gasteiger partial charge in [-0.25, -0.2) is 29.9 Å². The largest absolute Gasteiger partial charge is 0.507 e. The molecule has 0 aliphatic heterocycles. The van der Waals surface area contributed by atoms with Gasteiger partial charge in [-0.2, -0.15) is 0 Å². The van der Waals surface area contributed by atoms with Gasteiger partial charge < -0.3 is 34.3 Å². The van der Waals surface area contributed by atoms with Crippen molar-refractivity contribution in [3.05, 3.63) is 379 Å². The van der Waals surface area contributed by atoms with E-state index in [-0.39, 0.29) is 23.2 Å². The predicted molar refractivity (Wildman–Crippen MR) is 544 cm³/mol. The topological polar surface area (TPSA) is 175 Å². The van der Waals surface area contributed by atoms with Crippen LogP contribution >= 0.6 is 0 Å². The van der Waals surface area contributed by atoms with E-state index < -0.39 is 0 Å². The molecule has 3 heterocycles. The van der Waals surface area contributed by atoms with E-state index in [0.717, 1.165) is 110 Å². The quantitative estimate of drug-likeness (QED) is 0.0437. The molecule has 0 radical (unpaired) electrons. The Morgan fingerprint density at radius 1 is 0.346 bits per heavy atom. The summed E-state index contributed by atoms with van der Waals surface area (Å²) in [6.45, 7) is 10.2. The highest BCUT2D eigenvalue weighted by Crippen LogP contribution is 2.55. The zero-order chi connectivity index (χ0) is 90.6. The highest BCUT2D eigenvalue weighted by atomic mass is 16.5. The summed E-state index contributed by atoms with van der Waals surface area (Å²) in [5.41, 5.74) is 21.0. The molecule has 0 fully saturated rings. The minimum atomic E-state index is 0.0693. The number of phenols is 3. The van der Waals surface area contributed by atoms with Crippen molar-refractivity contribution < 1.29 is 34.3 Å². The molecule has 18 aromatic rings. The molecule has 3 atom stereocenters. The number of rotatable bonds is 26. The summed E-state index contributed by atoms with van der Waals surface area (Å²) in [6.07, 6.45) is 25.9. The number of phenolic OH excluding ortho intramolecular Hbond substituents is 3. The molecule has 22 rings (SSSR count). The average molecular weight is 1740 g/mol. The first-order chi connectivity index (χ1) is 65.4. The lowest BCUT2D eigenvalue weighted by molar-refractivity contribution is 0.232. The van der Waals surface area contributed by atoms with Crippen molar-refractivity contribution in [2.75, 3.05) is 27.4 Å². The molecule has 0 saturated carbocycles. The number of nitrogens with zero attached hydrogens (tertiary/aromatic N) is 6. The number of methoxy groups -OCH3 is 2. The summed E-state index contributed by atoms with van der Waals surface area (Å²) in [4.78, 5) is 30.2. The number of allylic oxidation sites excluding steroid dienone is 14. The average Bonchev–Trinajstić information content (AvgIpc) is 0.728. The van der Waals surface area contributed by atoms with Crippen LogP contribution in [-0.2, 0) is 0 Å². The highest BCUT2D eigenvalue weighted by molar-refractivity contribution is 6.27. The minimum Gasteiger partial charge on any atom is -0.507 e. The Morgan fingerprint density at radius 2 is 0.789 bits per heavy atom. The van der Waals surface area contributed by atoms with Crippen molar-refractivity contribution >= 4 is 75.8 Å².